The second-order valence-corrected chi connectivity index (χ2v) is 3.56. The first-order chi connectivity index (χ1) is 6.61. The van der Waals surface area contributed by atoms with Gasteiger partial charge in [-0.05, 0) is 25.7 Å². The fourth-order valence-corrected chi connectivity index (χ4v) is 1.65. The highest BCUT2D eigenvalue weighted by Crippen LogP contribution is 2.23. The minimum Gasteiger partial charge on any atom is -0.481 e. The molecule has 1 unspecified atom stereocenters. The van der Waals surface area contributed by atoms with E-state index in [0.29, 0.717) is 6.42 Å². The standard InChI is InChI=1S/C10H14O4/c11-9(12)7-4-2-1-3-5-8(6-7)10(13)14/h4,8H,1-3,5-6H2,(H,11,12)(H,13,14). The van der Waals surface area contributed by atoms with Crippen LogP contribution < -0.4 is 0 Å². The minimum absolute atomic E-state index is 0.157. The molecular formula is C10H14O4. The van der Waals surface area contributed by atoms with Gasteiger partial charge in [0.25, 0.3) is 0 Å². The van der Waals surface area contributed by atoms with Crippen LogP contribution in [-0.2, 0) is 9.59 Å². The molecule has 0 aromatic rings. The number of hydrogen-bond donors (Lipinski definition) is 2. The first-order valence-corrected chi connectivity index (χ1v) is 4.76. The largest absolute Gasteiger partial charge is 0.481 e. The van der Waals surface area contributed by atoms with Crippen LogP contribution in [0.1, 0.15) is 32.1 Å². The molecule has 1 aliphatic carbocycles. The van der Waals surface area contributed by atoms with E-state index in [9.17, 15) is 9.59 Å². The molecule has 0 fully saturated rings. The van der Waals surface area contributed by atoms with Gasteiger partial charge >= 0.3 is 11.9 Å². The quantitative estimate of drug-likeness (QED) is 0.707. The molecule has 1 atom stereocenters. The Balaban J connectivity index is 2.74. The third-order valence-electron chi connectivity index (χ3n) is 2.49. The Kier molecular flexibility index (Phi) is 3.68. The van der Waals surface area contributed by atoms with Gasteiger partial charge < -0.3 is 10.2 Å². The Morgan fingerprint density at radius 1 is 1.29 bits per heavy atom. The molecule has 1 aliphatic rings. The highest BCUT2D eigenvalue weighted by atomic mass is 16.4. The highest BCUT2D eigenvalue weighted by molar-refractivity contribution is 5.87. The third-order valence-corrected chi connectivity index (χ3v) is 2.49. The molecule has 0 bridgehead atoms. The van der Waals surface area contributed by atoms with Crippen molar-refractivity contribution in [2.45, 2.75) is 32.1 Å². The molecule has 0 saturated heterocycles. The summed E-state index contributed by atoms with van der Waals surface area (Å²) in [6.07, 6.45) is 4.87. The Morgan fingerprint density at radius 3 is 2.57 bits per heavy atom. The molecule has 14 heavy (non-hydrogen) atoms. The molecule has 2 N–H and O–H groups in total. The SMILES string of the molecule is O=C(O)C1=CCCCCC(C(=O)O)C1. The summed E-state index contributed by atoms with van der Waals surface area (Å²) in [4.78, 5) is 21.5. The Labute approximate surface area is 82.2 Å². The van der Waals surface area contributed by atoms with Crippen LogP contribution in [0, 0.1) is 5.92 Å². The van der Waals surface area contributed by atoms with Gasteiger partial charge in [-0.1, -0.05) is 12.5 Å². The summed E-state index contributed by atoms with van der Waals surface area (Å²) in [5, 5.41) is 17.6. The van der Waals surface area contributed by atoms with E-state index in [0.717, 1.165) is 19.3 Å². The normalized spacial score (nSPS) is 23.1. The predicted octanol–water partition coefficient (Wildman–Crippen LogP) is 1.66. The van der Waals surface area contributed by atoms with Crippen LogP contribution in [0.4, 0.5) is 0 Å². The van der Waals surface area contributed by atoms with Crippen LogP contribution in [0.3, 0.4) is 0 Å². The zero-order valence-electron chi connectivity index (χ0n) is 7.90. The van der Waals surface area contributed by atoms with Crippen molar-refractivity contribution in [3.05, 3.63) is 11.6 Å². The van der Waals surface area contributed by atoms with Crippen molar-refractivity contribution in [3.63, 3.8) is 0 Å². The molecule has 1 rings (SSSR count). The van der Waals surface area contributed by atoms with Gasteiger partial charge in [0, 0.05) is 5.57 Å². The fourth-order valence-electron chi connectivity index (χ4n) is 1.65. The van der Waals surface area contributed by atoms with E-state index in [1.165, 1.54) is 0 Å². The van der Waals surface area contributed by atoms with Gasteiger partial charge in [-0.15, -0.1) is 0 Å². The van der Waals surface area contributed by atoms with Gasteiger partial charge in [0.05, 0.1) is 5.92 Å². The van der Waals surface area contributed by atoms with E-state index >= 15 is 0 Å². The average Bonchev–Trinajstić information content (AvgIpc) is 2.01. The molecule has 0 amide bonds. The van der Waals surface area contributed by atoms with Gasteiger partial charge in [-0.3, -0.25) is 4.79 Å². The molecule has 4 nitrogen and oxygen atoms in total. The summed E-state index contributed by atoms with van der Waals surface area (Å²) in [6.45, 7) is 0. The third kappa shape index (κ3) is 2.87. The lowest BCUT2D eigenvalue weighted by molar-refractivity contribution is -0.142. The minimum atomic E-state index is -0.988. The number of hydrogen-bond acceptors (Lipinski definition) is 2. The molecule has 4 heteroatoms. The average molecular weight is 198 g/mol. The van der Waals surface area contributed by atoms with E-state index < -0.39 is 17.9 Å². The van der Waals surface area contributed by atoms with Crippen LogP contribution in [0.2, 0.25) is 0 Å². The van der Waals surface area contributed by atoms with E-state index in [4.69, 9.17) is 10.2 Å². The molecule has 78 valence electrons. The molecule has 0 aromatic carbocycles. The van der Waals surface area contributed by atoms with Crippen molar-refractivity contribution < 1.29 is 19.8 Å². The maximum Gasteiger partial charge on any atom is 0.331 e. The summed E-state index contributed by atoms with van der Waals surface area (Å²) in [7, 11) is 0. The van der Waals surface area contributed by atoms with Gasteiger partial charge in [0.1, 0.15) is 0 Å². The predicted molar refractivity (Wildman–Crippen MR) is 49.9 cm³/mol. The van der Waals surface area contributed by atoms with Gasteiger partial charge in [-0.2, -0.15) is 0 Å². The molecular weight excluding hydrogens is 184 g/mol. The van der Waals surface area contributed by atoms with Crippen LogP contribution in [-0.4, -0.2) is 22.2 Å². The second kappa shape index (κ2) is 4.79. The second-order valence-electron chi connectivity index (χ2n) is 3.56. The summed E-state index contributed by atoms with van der Waals surface area (Å²) >= 11 is 0. The van der Waals surface area contributed by atoms with E-state index in [2.05, 4.69) is 0 Å². The van der Waals surface area contributed by atoms with Crippen molar-refractivity contribution in [2.75, 3.05) is 0 Å². The summed E-state index contributed by atoms with van der Waals surface area (Å²) in [5.74, 6) is -2.41. The molecule has 0 heterocycles. The summed E-state index contributed by atoms with van der Waals surface area (Å²) in [5.41, 5.74) is 0.247. The number of carboxylic acid groups (broad SMARTS) is 2. The summed E-state index contributed by atoms with van der Waals surface area (Å²) < 4.78 is 0. The lowest BCUT2D eigenvalue weighted by Crippen LogP contribution is -2.18. The number of carboxylic acids is 2. The number of carbonyl (C=O) groups is 2. The summed E-state index contributed by atoms with van der Waals surface area (Å²) in [6, 6.07) is 0. The molecule has 0 aliphatic heterocycles. The van der Waals surface area contributed by atoms with Crippen LogP contribution in [0.25, 0.3) is 0 Å². The van der Waals surface area contributed by atoms with E-state index in [-0.39, 0.29) is 12.0 Å². The maximum absolute atomic E-state index is 10.8. The Bertz CT molecular complexity index is 267. The molecule has 0 spiro atoms. The zero-order valence-corrected chi connectivity index (χ0v) is 7.90. The van der Waals surface area contributed by atoms with Gasteiger partial charge in [0.15, 0.2) is 0 Å². The van der Waals surface area contributed by atoms with Crippen molar-refractivity contribution >= 4 is 11.9 Å². The highest BCUT2D eigenvalue weighted by Gasteiger charge is 2.22. The number of allylic oxidation sites excluding steroid dienone is 1. The zero-order chi connectivity index (χ0) is 10.6. The van der Waals surface area contributed by atoms with Crippen molar-refractivity contribution in [2.24, 2.45) is 5.92 Å². The number of aliphatic carboxylic acids is 2. The molecule has 0 saturated carbocycles. The van der Waals surface area contributed by atoms with Crippen LogP contribution in [0.5, 0.6) is 0 Å². The molecule has 0 aromatic heterocycles. The maximum atomic E-state index is 10.8. The first kappa shape index (κ1) is 10.8. The van der Waals surface area contributed by atoms with E-state index in [1.807, 2.05) is 0 Å². The van der Waals surface area contributed by atoms with Crippen molar-refractivity contribution in [1.82, 2.24) is 0 Å². The fraction of sp³-hybridized carbons (Fsp3) is 0.600. The lowest BCUT2D eigenvalue weighted by Gasteiger charge is -2.15. The van der Waals surface area contributed by atoms with Crippen molar-refractivity contribution in [1.29, 1.82) is 0 Å². The lowest BCUT2D eigenvalue weighted by atomic mass is 9.90. The molecule has 0 radical (unpaired) electrons. The number of rotatable bonds is 2. The smallest absolute Gasteiger partial charge is 0.331 e. The Hall–Kier alpha value is -1.32. The van der Waals surface area contributed by atoms with Gasteiger partial charge in [-0.25, -0.2) is 4.79 Å². The van der Waals surface area contributed by atoms with Gasteiger partial charge in [0.2, 0.25) is 0 Å². The monoisotopic (exact) mass is 198 g/mol. The van der Waals surface area contributed by atoms with E-state index in [1.54, 1.807) is 6.08 Å². The first-order valence-electron chi connectivity index (χ1n) is 4.76. The van der Waals surface area contributed by atoms with Crippen molar-refractivity contribution in [3.8, 4) is 0 Å². The van der Waals surface area contributed by atoms with Crippen LogP contribution >= 0.6 is 0 Å². The Morgan fingerprint density at radius 2 is 2.00 bits per heavy atom. The topological polar surface area (TPSA) is 74.6 Å². The van der Waals surface area contributed by atoms with Crippen LogP contribution in [0.15, 0.2) is 11.6 Å².